The molecule has 9 heteroatoms. The predicted molar refractivity (Wildman–Crippen MR) is 113 cm³/mol. The number of thioether (sulfide) groups is 1. The maximum atomic E-state index is 12.9. The average molecular weight is 432 g/mol. The molecule has 0 fully saturated rings. The zero-order valence-electron chi connectivity index (χ0n) is 15.5. The van der Waals surface area contributed by atoms with Gasteiger partial charge in [-0.25, -0.2) is 9.37 Å². The Bertz CT molecular complexity index is 993. The molecule has 0 saturated heterocycles. The van der Waals surface area contributed by atoms with Crippen LogP contribution in [0.1, 0.15) is 5.69 Å². The van der Waals surface area contributed by atoms with Crippen LogP contribution in [-0.2, 0) is 16.0 Å². The van der Waals surface area contributed by atoms with E-state index in [4.69, 9.17) is 4.74 Å². The number of hydrogen-bond donors (Lipinski definition) is 2. The first-order valence-corrected chi connectivity index (χ1v) is 10.4. The third kappa shape index (κ3) is 6.58. The van der Waals surface area contributed by atoms with Crippen molar-refractivity contribution in [2.45, 2.75) is 10.8 Å². The SMILES string of the molecule is COc1cccc(NC(=O)CSc2nc(CC(=O)Nc3ccc(F)cc3)cs2)c1. The van der Waals surface area contributed by atoms with E-state index in [1.807, 2.05) is 0 Å². The summed E-state index contributed by atoms with van der Waals surface area (Å²) in [5, 5.41) is 7.28. The average Bonchev–Trinajstić information content (AvgIpc) is 3.15. The number of nitrogens with one attached hydrogen (secondary N) is 2. The lowest BCUT2D eigenvalue weighted by Gasteiger charge is -2.06. The Labute approximate surface area is 175 Å². The molecule has 0 aliphatic rings. The van der Waals surface area contributed by atoms with Gasteiger partial charge in [-0.1, -0.05) is 17.8 Å². The summed E-state index contributed by atoms with van der Waals surface area (Å²) in [6, 6.07) is 12.7. The number of ether oxygens (including phenoxy) is 1. The Kier molecular flexibility index (Phi) is 7.20. The van der Waals surface area contributed by atoms with Crippen LogP contribution in [0.4, 0.5) is 15.8 Å². The highest BCUT2D eigenvalue weighted by Gasteiger charge is 2.11. The van der Waals surface area contributed by atoms with E-state index in [-0.39, 0.29) is 29.8 Å². The van der Waals surface area contributed by atoms with Gasteiger partial charge in [0.1, 0.15) is 11.6 Å². The molecule has 6 nitrogen and oxygen atoms in total. The van der Waals surface area contributed by atoms with Gasteiger partial charge in [0.25, 0.3) is 0 Å². The molecule has 3 rings (SSSR count). The van der Waals surface area contributed by atoms with Gasteiger partial charge in [0.15, 0.2) is 4.34 Å². The second kappa shape index (κ2) is 10.0. The lowest BCUT2D eigenvalue weighted by molar-refractivity contribution is -0.116. The summed E-state index contributed by atoms with van der Waals surface area (Å²) in [6.07, 6.45) is 0.102. The molecule has 150 valence electrons. The number of hydrogen-bond acceptors (Lipinski definition) is 6. The van der Waals surface area contributed by atoms with Crippen LogP contribution in [-0.4, -0.2) is 29.7 Å². The van der Waals surface area contributed by atoms with Crippen LogP contribution in [0.2, 0.25) is 0 Å². The Hall–Kier alpha value is -2.91. The summed E-state index contributed by atoms with van der Waals surface area (Å²) in [5.41, 5.74) is 1.80. The van der Waals surface area contributed by atoms with Crippen molar-refractivity contribution >= 4 is 46.3 Å². The second-order valence-electron chi connectivity index (χ2n) is 5.91. The normalized spacial score (nSPS) is 10.4. The second-order valence-corrected chi connectivity index (χ2v) is 7.99. The molecule has 1 aromatic heterocycles. The molecule has 0 radical (unpaired) electrons. The van der Waals surface area contributed by atoms with Crippen molar-refractivity contribution in [1.82, 2.24) is 4.98 Å². The van der Waals surface area contributed by atoms with E-state index in [2.05, 4.69) is 15.6 Å². The van der Waals surface area contributed by atoms with Crippen molar-refractivity contribution in [2.24, 2.45) is 0 Å². The van der Waals surface area contributed by atoms with E-state index in [0.29, 0.717) is 27.2 Å². The standard InChI is InChI=1S/C20H18FN3O3S2/c1-27-17-4-2-3-15(9-17)23-19(26)12-29-20-24-16(11-28-20)10-18(25)22-14-7-5-13(21)6-8-14/h2-9,11H,10,12H2,1H3,(H,22,25)(H,23,26). The number of aromatic nitrogens is 1. The van der Waals surface area contributed by atoms with Crippen molar-refractivity contribution in [3.8, 4) is 5.75 Å². The fourth-order valence-corrected chi connectivity index (χ4v) is 4.01. The minimum Gasteiger partial charge on any atom is -0.497 e. The van der Waals surface area contributed by atoms with E-state index in [0.717, 1.165) is 0 Å². The first-order chi connectivity index (χ1) is 14.0. The van der Waals surface area contributed by atoms with Gasteiger partial charge in [0.05, 0.1) is 25.0 Å². The molecule has 1 heterocycles. The molecule has 0 unspecified atom stereocenters. The summed E-state index contributed by atoms with van der Waals surface area (Å²) in [5.74, 6) is 0.105. The Balaban J connectivity index is 1.46. The van der Waals surface area contributed by atoms with Gasteiger partial charge in [0, 0.05) is 22.8 Å². The first-order valence-electron chi connectivity index (χ1n) is 8.58. The number of anilines is 2. The summed E-state index contributed by atoms with van der Waals surface area (Å²) < 4.78 is 18.7. The van der Waals surface area contributed by atoms with Crippen LogP contribution in [0.25, 0.3) is 0 Å². The smallest absolute Gasteiger partial charge is 0.234 e. The molecule has 2 aromatic carbocycles. The maximum absolute atomic E-state index is 12.9. The van der Waals surface area contributed by atoms with Gasteiger partial charge in [-0.2, -0.15) is 0 Å². The van der Waals surface area contributed by atoms with Crippen molar-refractivity contribution < 1.29 is 18.7 Å². The largest absolute Gasteiger partial charge is 0.497 e. The Morgan fingerprint density at radius 1 is 1.10 bits per heavy atom. The molecule has 3 aromatic rings. The summed E-state index contributed by atoms with van der Waals surface area (Å²) >= 11 is 2.68. The summed E-state index contributed by atoms with van der Waals surface area (Å²) in [7, 11) is 1.57. The van der Waals surface area contributed by atoms with Gasteiger partial charge in [-0.3, -0.25) is 9.59 Å². The Morgan fingerprint density at radius 3 is 2.62 bits per heavy atom. The van der Waals surface area contributed by atoms with Crippen molar-refractivity contribution in [1.29, 1.82) is 0 Å². The van der Waals surface area contributed by atoms with E-state index in [9.17, 15) is 14.0 Å². The highest BCUT2D eigenvalue weighted by molar-refractivity contribution is 8.01. The molecule has 2 N–H and O–H groups in total. The molecule has 0 saturated carbocycles. The van der Waals surface area contributed by atoms with Crippen LogP contribution in [0.5, 0.6) is 5.75 Å². The van der Waals surface area contributed by atoms with Crippen molar-refractivity contribution in [3.63, 3.8) is 0 Å². The van der Waals surface area contributed by atoms with Crippen LogP contribution >= 0.6 is 23.1 Å². The monoisotopic (exact) mass is 431 g/mol. The number of methoxy groups -OCH3 is 1. The van der Waals surface area contributed by atoms with E-state index >= 15 is 0 Å². The van der Waals surface area contributed by atoms with Crippen LogP contribution in [0, 0.1) is 5.82 Å². The minimum atomic E-state index is -0.361. The predicted octanol–water partition coefficient (Wildman–Crippen LogP) is 4.20. The molecule has 0 aliphatic heterocycles. The number of nitrogens with zero attached hydrogens (tertiary/aromatic N) is 1. The highest BCUT2D eigenvalue weighted by Crippen LogP contribution is 2.24. The quantitative estimate of drug-likeness (QED) is 0.523. The molecule has 0 aliphatic carbocycles. The van der Waals surface area contributed by atoms with Gasteiger partial charge >= 0.3 is 0 Å². The van der Waals surface area contributed by atoms with Crippen molar-refractivity contribution in [2.75, 3.05) is 23.5 Å². The van der Waals surface area contributed by atoms with Crippen LogP contribution in [0.15, 0.2) is 58.3 Å². The number of rotatable bonds is 8. The van der Waals surface area contributed by atoms with E-state index in [1.165, 1.54) is 47.4 Å². The highest BCUT2D eigenvalue weighted by atomic mass is 32.2. The third-order valence-corrected chi connectivity index (χ3v) is 5.75. The fraction of sp³-hybridized carbons (Fsp3) is 0.150. The molecule has 0 atom stereocenters. The van der Waals surface area contributed by atoms with Crippen molar-refractivity contribution in [3.05, 3.63) is 65.4 Å². The minimum absolute atomic E-state index is 0.102. The number of benzene rings is 2. The number of carbonyl (C=O) groups is 2. The van der Waals surface area contributed by atoms with Crippen LogP contribution in [0.3, 0.4) is 0 Å². The number of amides is 2. The zero-order chi connectivity index (χ0) is 20.6. The fourth-order valence-electron chi connectivity index (χ4n) is 2.36. The van der Waals surface area contributed by atoms with Crippen LogP contribution < -0.4 is 15.4 Å². The zero-order valence-corrected chi connectivity index (χ0v) is 17.1. The summed E-state index contributed by atoms with van der Waals surface area (Å²) in [6.45, 7) is 0. The number of thiazole rings is 1. The van der Waals surface area contributed by atoms with E-state index < -0.39 is 0 Å². The van der Waals surface area contributed by atoms with Gasteiger partial charge in [-0.05, 0) is 36.4 Å². The maximum Gasteiger partial charge on any atom is 0.234 e. The number of carbonyl (C=O) groups excluding carboxylic acids is 2. The molecule has 29 heavy (non-hydrogen) atoms. The lowest BCUT2D eigenvalue weighted by atomic mass is 10.3. The van der Waals surface area contributed by atoms with E-state index in [1.54, 1.807) is 36.8 Å². The Morgan fingerprint density at radius 2 is 1.86 bits per heavy atom. The lowest BCUT2D eigenvalue weighted by Crippen LogP contribution is -2.14. The topological polar surface area (TPSA) is 80.3 Å². The van der Waals surface area contributed by atoms with Gasteiger partial charge in [0.2, 0.25) is 11.8 Å². The molecule has 2 amide bonds. The first kappa shape index (κ1) is 20.8. The number of halogens is 1. The van der Waals surface area contributed by atoms with Gasteiger partial charge < -0.3 is 15.4 Å². The molecule has 0 bridgehead atoms. The third-order valence-electron chi connectivity index (χ3n) is 3.68. The summed E-state index contributed by atoms with van der Waals surface area (Å²) in [4.78, 5) is 28.6. The molecule has 0 spiro atoms. The van der Waals surface area contributed by atoms with Gasteiger partial charge in [-0.15, -0.1) is 11.3 Å². The molecular weight excluding hydrogens is 413 g/mol. The molecular formula is C20H18FN3O3S2.